The lowest BCUT2D eigenvalue weighted by atomic mass is 9.97. The van der Waals surface area contributed by atoms with Crippen LogP contribution in [0.15, 0.2) is 48.5 Å². The summed E-state index contributed by atoms with van der Waals surface area (Å²) in [6.45, 7) is 6.98. The van der Waals surface area contributed by atoms with Crippen molar-refractivity contribution in [3.8, 4) is 22.5 Å². The van der Waals surface area contributed by atoms with Crippen LogP contribution in [0.5, 0.6) is 0 Å². The third kappa shape index (κ3) is 15.4. The molecule has 1 aromatic heterocycles. The van der Waals surface area contributed by atoms with Crippen molar-refractivity contribution in [3.63, 3.8) is 0 Å². The molecule has 1 atom stereocenters. The number of nitrogens with one attached hydrogen (secondary N) is 1. The van der Waals surface area contributed by atoms with Crippen molar-refractivity contribution in [1.29, 1.82) is 0 Å². The number of hydrogen-bond donors (Lipinski definition) is 4. The van der Waals surface area contributed by atoms with Gasteiger partial charge in [-0.3, -0.25) is 4.79 Å². The van der Waals surface area contributed by atoms with Gasteiger partial charge in [0.15, 0.2) is 0 Å². The zero-order valence-electron chi connectivity index (χ0n) is 27.4. The molecule has 0 saturated heterocycles. The minimum absolute atomic E-state index is 0.101. The van der Waals surface area contributed by atoms with Crippen molar-refractivity contribution in [2.24, 2.45) is 17.4 Å². The Morgan fingerprint density at radius 3 is 1.94 bits per heavy atom. The molecule has 48 heavy (non-hydrogen) atoms. The number of carbonyl (C=O) groups is 2. The van der Waals surface area contributed by atoms with Crippen LogP contribution in [-0.2, 0) is 25.8 Å². The van der Waals surface area contributed by atoms with Gasteiger partial charge in [-0.05, 0) is 60.2 Å². The van der Waals surface area contributed by atoms with Gasteiger partial charge in [0, 0.05) is 18.5 Å². The van der Waals surface area contributed by atoms with Crippen LogP contribution in [0.1, 0.15) is 58.4 Å². The fraction of sp³-hybridized carbons (Fsp3) is 0.500. The lowest BCUT2D eigenvalue weighted by Gasteiger charge is -2.32. The Hall–Kier alpha value is -5.23. The molecule has 0 saturated carbocycles. The maximum Gasteiger partial charge on any atom is 0.326 e. The monoisotopic (exact) mass is 675 g/mol. The number of rotatable bonds is 18. The highest BCUT2D eigenvalue weighted by Gasteiger charge is 2.32. The van der Waals surface area contributed by atoms with E-state index in [2.05, 4.69) is 30.3 Å². The Balaban J connectivity index is 0.000000594. The second-order valence-corrected chi connectivity index (χ2v) is 10.5. The van der Waals surface area contributed by atoms with E-state index >= 15 is 0 Å². The zero-order chi connectivity index (χ0) is 35.9. The van der Waals surface area contributed by atoms with Gasteiger partial charge in [0.25, 0.3) is 10.2 Å². The van der Waals surface area contributed by atoms with Gasteiger partial charge in [-0.15, -0.1) is 30.4 Å². The highest BCUT2D eigenvalue weighted by Crippen LogP contribution is 2.30. The molecule has 3 aromatic rings. The van der Waals surface area contributed by atoms with Crippen molar-refractivity contribution in [2.45, 2.75) is 65.5 Å². The Morgan fingerprint density at radius 2 is 1.50 bits per heavy atom. The first-order valence-electron chi connectivity index (χ1n) is 15.4. The molecule has 2 aromatic carbocycles. The van der Waals surface area contributed by atoms with Gasteiger partial charge >= 0.3 is 5.97 Å². The van der Waals surface area contributed by atoms with Crippen molar-refractivity contribution in [2.75, 3.05) is 26.3 Å². The number of hydrogen-bond acceptors (Lipinski definition) is 13. The average molecular weight is 676 g/mol. The number of aromatic amines is 1. The summed E-state index contributed by atoms with van der Waals surface area (Å²) < 4.78 is 0. The quantitative estimate of drug-likeness (QED) is 0.0856. The summed E-state index contributed by atoms with van der Waals surface area (Å²) in [6, 6.07) is 14.7. The van der Waals surface area contributed by atoms with Crippen LogP contribution in [0.3, 0.4) is 0 Å². The fourth-order valence-corrected chi connectivity index (χ4v) is 4.23. The normalized spacial score (nSPS) is 10.9. The van der Waals surface area contributed by atoms with Crippen LogP contribution in [0.25, 0.3) is 22.5 Å². The summed E-state index contributed by atoms with van der Waals surface area (Å²) in [5.74, 6) is -0.784. The molecule has 6 N–H and O–H groups in total. The molecule has 1 heterocycles. The van der Waals surface area contributed by atoms with Crippen molar-refractivity contribution in [3.05, 3.63) is 74.3 Å². The lowest BCUT2D eigenvalue weighted by molar-refractivity contribution is -0.757. The molecule has 0 aliphatic carbocycles. The summed E-state index contributed by atoms with van der Waals surface area (Å²) in [7, 11) is 0. The number of carboxylic acids is 1. The van der Waals surface area contributed by atoms with Crippen molar-refractivity contribution in [1.82, 2.24) is 25.5 Å². The van der Waals surface area contributed by atoms with Crippen LogP contribution in [0, 0.1) is 26.1 Å². The number of tetrazole rings is 1. The van der Waals surface area contributed by atoms with Crippen molar-refractivity contribution >= 4 is 11.9 Å². The van der Waals surface area contributed by atoms with Crippen LogP contribution >= 0.6 is 0 Å². The van der Waals surface area contributed by atoms with E-state index in [-0.39, 0.29) is 31.6 Å². The van der Waals surface area contributed by atoms with Gasteiger partial charge in [-0.2, -0.15) is 5.21 Å². The number of carboxylic acid groups (broad SMARTS) is 1. The minimum atomic E-state index is -0.976. The second-order valence-electron chi connectivity index (χ2n) is 10.5. The second kappa shape index (κ2) is 23.1. The van der Waals surface area contributed by atoms with E-state index in [1.807, 2.05) is 69.3 Å². The third-order valence-electron chi connectivity index (χ3n) is 6.51. The molecule has 1 amide bonds. The number of nitrogens with two attached hydrogens (primary N) is 2. The molecule has 18 nitrogen and oxygen atoms in total. The van der Waals surface area contributed by atoms with Crippen LogP contribution in [0.2, 0.25) is 0 Å². The van der Waals surface area contributed by atoms with E-state index in [0.29, 0.717) is 38.2 Å². The first kappa shape index (κ1) is 40.8. The zero-order valence-corrected chi connectivity index (χ0v) is 27.4. The summed E-state index contributed by atoms with van der Waals surface area (Å²) in [6.07, 6.45) is 3.03. The molecule has 0 radical (unpaired) electrons. The first-order chi connectivity index (χ1) is 23.0. The molecule has 0 aliphatic rings. The molecule has 18 heteroatoms. The smallest absolute Gasteiger partial charge is 0.326 e. The number of aliphatic carboxylic acids is 1. The SMILES string of the molecule is CCCCC(=O)N(Cc1ccc(-c2ccccc2-c2nn[nH]n2)cc1)[C@H](C(=O)O)C(C)C.NCCCO[N+](=O)[O-].NCCCO[N+](=O)[O-]. The summed E-state index contributed by atoms with van der Waals surface area (Å²) >= 11 is 0. The van der Waals surface area contributed by atoms with E-state index in [9.17, 15) is 34.9 Å². The van der Waals surface area contributed by atoms with Crippen LogP contribution in [0.4, 0.5) is 0 Å². The lowest BCUT2D eigenvalue weighted by Crippen LogP contribution is -2.47. The summed E-state index contributed by atoms with van der Waals surface area (Å²) in [4.78, 5) is 53.0. The van der Waals surface area contributed by atoms with Crippen LogP contribution < -0.4 is 11.5 Å². The van der Waals surface area contributed by atoms with E-state index < -0.39 is 22.2 Å². The standard InChI is InChI=1S/C24H29N5O3.2C3H8N2O3/c1-4-5-10-21(30)29(22(16(2)3)24(31)32)15-17-11-13-18(14-12-17)19-8-6-7-9-20(19)23-25-27-28-26-23;2*4-2-1-3-8-5(6)7/h6-9,11-14,16,22H,4-5,10,15H2,1-3H3,(H,31,32)(H,25,26,27,28);2*1-4H2/t22-;;/m0../s1. The summed E-state index contributed by atoms with van der Waals surface area (Å²) in [5, 5.41) is 41.2. The highest BCUT2D eigenvalue weighted by atomic mass is 17.0. The topological polar surface area (TPSA) is 269 Å². The first-order valence-corrected chi connectivity index (χ1v) is 15.4. The largest absolute Gasteiger partial charge is 0.480 e. The molecule has 0 unspecified atom stereocenters. The van der Waals surface area contributed by atoms with Gasteiger partial charge in [0.05, 0.1) is 13.2 Å². The number of unbranched alkanes of at least 4 members (excludes halogenated alkanes) is 1. The average Bonchev–Trinajstić information content (AvgIpc) is 3.59. The minimum Gasteiger partial charge on any atom is -0.480 e. The molecule has 264 valence electrons. The van der Waals surface area contributed by atoms with Crippen LogP contribution in [-0.4, -0.2) is 85.0 Å². The van der Waals surface area contributed by atoms with E-state index in [1.54, 1.807) is 0 Å². The van der Waals surface area contributed by atoms with E-state index in [0.717, 1.165) is 35.1 Å². The fourth-order valence-electron chi connectivity index (χ4n) is 4.23. The Morgan fingerprint density at radius 1 is 0.938 bits per heavy atom. The number of H-pyrrole nitrogens is 1. The van der Waals surface area contributed by atoms with E-state index in [4.69, 9.17) is 11.5 Å². The van der Waals surface area contributed by atoms with Gasteiger partial charge in [-0.25, -0.2) is 4.79 Å². The maximum atomic E-state index is 12.9. The predicted octanol–water partition coefficient (Wildman–Crippen LogP) is 3.25. The predicted molar refractivity (Wildman–Crippen MR) is 175 cm³/mol. The molecule has 0 fully saturated rings. The van der Waals surface area contributed by atoms with Gasteiger partial charge in [-0.1, -0.05) is 75.7 Å². The molecule has 0 bridgehead atoms. The molecular formula is C30H45N9O9. The summed E-state index contributed by atoms with van der Waals surface area (Å²) in [5.41, 5.74) is 13.7. The van der Waals surface area contributed by atoms with Gasteiger partial charge in [0.2, 0.25) is 11.7 Å². The van der Waals surface area contributed by atoms with E-state index in [1.165, 1.54) is 4.90 Å². The Bertz CT molecular complexity index is 1350. The molecule has 0 spiro atoms. The number of benzene rings is 2. The Labute approximate surface area is 278 Å². The number of amides is 1. The molecule has 0 aliphatic heterocycles. The van der Waals surface area contributed by atoms with Gasteiger partial charge in [0.1, 0.15) is 6.04 Å². The maximum absolute atomic E-state index is 12.9. The third-order valence-corrected chi connectivity index (χ3v) is 6.51. The highest BCUT2D eigenvalue weighted by molar-refractivity contribution is 5.84. The van der Waals surface area contributed by atoms with Crippen molar-refractivity contribution < 1.29 is 34.5 Å². The number of nitrogens with zero attached hydrogens (tertiary/aromatic N) is 6. The number of aromatic nitrogens is 4. The number of carbonyl (C=O) groups excluding carboxylic acids is 1. The molecule has 3 rings (SSSR count). The Kier molecular flexibility index (Phi) is 19.7. The molecular weight excluding hydrogens is 630 g/mol. The van der Waals surface area contributed by atoms with Gasteiger partial charge < -0.3 is 31.1 Å².